The molecule has 3 rings (SSSR count). The zero-order chi connectivity index (χ0) is 15.4. The molecule has 0 unspecified atom stereocenters. The smallest absolute Gasteiger partial charge is 0.147 e. The molecule has 0 aliphatic heterocycles. The van der Waals surface area contributed by atoms with E-state index >= 15 is 0 Å². The molecule has 22 heavy (non-hydrogen) atoms. The van der Waals surface area contributed by atoms with E-state index in [1.807, 2.05) is 48.5 Å². The monoisotopic (exact) mass is 291 g/mol. The van der Waals surface area contributed by atoms with E-state index in [9.17, 15) is 0 Å². The van der Waals surface area contributed by atoms with E-state index in [-0.39, 0.29) is 0 Å². The van der Waals surface area contributed by atoms with Gasteiger partial charge in [0, 0.05) is 5.39 Å². The Morgan fingerprint density at radius 2 is 1.86 bits per heavy atom. The first-order valence-corrected chi connectivity index (χ1v) is 7.06. The lowest BCUT2D eigenvalue weighted by Crippen LogP contribution is -1.95. The SMILES string of the molecule is COc1ccc(/C=N\Nc2cc(C)c3ccccc3n2)cc1. The quantitative estimate of drug-likeness (QED) is 0.584. The maximum atomic E-state index is 5.13. The van der Waals surface area contributed by atoms with Crippen molar-refractivity contribution in [3.63, 3.8) is 0 Å². The fraction of sp³-hybridized carbons (Fsp3) is 0.111. The van der Waals surface area contributed by atoms with Crippen LogP contribution in [0.15, 0.2) is 59.7 Å². The molecule has 0 bridgehead atoms. The van der Waals surface area contributed by atoms with Crippen molar-refractivity contribution in [2.24, 2.45) is 5.10 Å². The molecule has 0 fully saturated rings. The standard InChI is InChI=1S/C18H17N3O/c1-13-11-18(20-17-6-4-3-5-16(13)17)21-19-12-14-7-9-15(22-2)10-8-14/h3-12H,1-2H3,(H,20,21)/b19-12-. The Morgan fingerprint density at radius 3 is 2.64 bits per heavy atom. The second kappa shape index (κ2) is 6.26. The number of para-hydroxylation sites is 1. The van der Waals surface area contributed by atoms with Crippen LogP contribution >= 0.6 is 0 Å². The largest absolute Gasteiger partial charge is 0.497 e. The molecule has 4 nitrogen and oxygen atoms in total. The molecule has 0 saturated carbocycles. The summed E-state index contributed by atoms with van der Waals surface area (Å²) in [6.45, 7) is 2.07. The number of hydrogen-bond acceptors (Lipinski definition) is 4. The molecular formula is C18H17N3O. The summed E-state index contributed by atoms with van der Waals surface area (Å²) in [5.41, 5.74) is 6.11. The molecule has 4 heteroatoms. The Kier molecular flexibility index (Phi) is 4.01. The van der Waals surface area contributed by atoms with E-state index in [1.165, 1.54) is 5.56 Å². The molecule has 0 saturated heterocycles. The van der Waals surface area contributed by atoms with Gasteiger partial charge in [0.15, 0.2) is 0 Å². The summed E-state index contributed by atoms with van der Waals surface area (Å²) < 4.78 is 5.13. The molecule has 1 heterocycles. The molecule has 0 atom stereocenters. The van der Waals surface area contributed by atoms with E-state index in [0.717, 1.165) is 28.0 Å². The van der Waals surface area contributed by atoms with Crippen molar-refractivity contribution >= 4 is 22.9 Å². The Labute approximate surface area is 129 Å². The Hall–Kier alpha value is -2.88. The molecule has 1 N–H and O–H groups in total. The molecule has 0 radical (unpaired) electrons. The molecule has 0 aliphatic rings. The Morgan fingerprint density at radius 1 is 1.09 bits per heavy atom. The van der Waals surface area contributed by atoms with Crippen molar-refractivity contribution in [3.05, 3.63) is 65.7 Å². The van der Waals surface area contributed by atoms with Crippen molar-refractivity contribution in [1.29, 1.82) is 0 Å². The summed E-state index contributed by atoms with van der Waals surface area (Å²) in [6.07, 6.45) is 1.76. The lowest BCUT2D eigenvalue weighted by Gasteiger charge is -2.05. The molecule has 0 aliphatic carbocycles. The number of pyridine rings is 1. The van der Waals surface area contributed by atoms with Crippen LogP contribution in [0.3, 0.4) is 0 Å². The fourth-order valence-electron chi connectivity index (χ4n) is 2.27. The van der Waals surface area contributed by atoms with E-state index in [0.29, 0.717) is 0 Å². The maximum absolute atomic E-state index is 5.13. The van der Waals surface area contributed by atoms with Gasteiger partial charge in [0.05, 0.1) is 18.8 Å². The van der Waals surface area contributed by atoms with Crippen LogP contribution in [-0.4, -0.2) is 18.3 Å². The van der Waals surface area contributed by atoms with Gasteiger partial charge in [-0.3, -0.25) is 5.43 Å². The van der Waals surface area contributed by atoms with Crippen molar-refractivity contribution in [3.8, 4) is 5.75 Å². The molecule has 3 aromatic rings. The average Bonchev–Trinajstić information content (AvgIpc) is 2.56. The van der Waals surface area contributed by atoms with Crippen molar-refractivity contribution in [1.82, 2.24) is 4.98 Å². The molecule has 110 valence electrons. The van der Waals surface area contributed by atoms with Crippen molar-refractivity contribution in [2.45, 2.75) is 6.92 Å². The van der Waals surface area contributed by atoms with Crippen LogP contribution in [0.25, 0.3) is 10.9 Å². The number of nitrogens with zero attached hydrogens (tertiary/aromatic N) is 2. The molecule has 1 aromatic heterocycles. The highest BCUT2D eigenvalue weighted by Gasteiger charge is 2.00. The van der Waals surface area contributed by atoms with E-state index in [1.54, 1.807) is 13.3 Å². The first-order chi connectivity index (χ1) is 10.8. The highest BCUT2D eigenvalue weighted by Crippen LogP contribution is 2.19. The molecule has 0 amide bonds. The molecule has 2 aromatic carbocycles. The fourth-order valence-corrected chi connectivity index (χ4v) is 2.27. The summed E-state index contributed by atoms with van der Waals surface area (Å²) in [6, 6.07) is 17.8. The Balaban J connectivity index is 1.76. The maximum Gasteiger partial charge on any atom is 0.147 e. The van der Waals surface area contributed by atoms with Crippen LogP contribution in [0.5, 0.6) is 5.75 Å². The van der Waals surface area contributed by atoms with Crippen LogP contribution < -0.4 is 10.2 Å². The zero-order valence-electron chi connectivity index (χ0n) is 12.6. The van der Waals surface area contributed by atoms with Crippen LogP contribution in [0.1, 0.15) is 11.1 Å². The van der Waals surface area contributed by atoms with Crippen LogP contribution in [0.4, 0.5) is 5.82 Å². The number of aromatic nitrogens is 1. The van der Waals surface area contributed by atoms with Gasteiger partial charge in [-0.25, -0.2) is 4.98 Å². The number of hydrazone groups is 1. The van der Waals surface area contributed by atoms with Gasteiger partial charge in [-0.15, -0.1) is 0 Å². The minimum absolute atomic E-state index is 0.737. The van der Waals surface area contributed by atoms with E-state index in [4.69, 9.17) is 4.74 Å². The molecule has 0 spiro atoms. The first kappa shape index (κ1) is 14.1. The summed E-state index contributed by atoms with van der Waals surface area (Å²) >= 11 is 0. The number of fused-ring (bicyclic) bond motifs is 1. The second-order valence-corrected chi connectivity index (χ2v) is 4.98. The normalized spacial score (nSPS) is 11.0. The number of aryl methyl sites for hydroxylation is 1. The van der Waals surface area contributed by atoms with Gasteiger partial charge >= 0.3 is 0 Å². The van der Waals surface area contributed by atoms with E-state index in [2.05, 4.69) is 28.5 Å². The van der Waals surface area contributed by atoms with Gasteiger partial charge in [0.1, 0.15) is 11.6 Å². The Bertz CT molecular complexity index is 810. The van der Waals surface area contributed by atoms with Gasteiger partial charge in [-0.1, -0.05) is 18.2 Å². The van der Waals surface area contributed by atoms with Crippen LogP contribution in [0.2, 0.25) is 0 Å². The number of benzene rings is 2. The number of methoxy groups -OCH3 is 1. The third kappa shape index (κ3) is 3.06. The first-order valence-electron chi connectivity index (χ1n) is 7.06. The summed E-state index contributed by atoms with van der Waals surface area (Å²) in [5.74, 6) is 1.57. The summed E-state index contributed by atoms with van der Waals surface area (Å²) in [5, 5.41) is 5.40. The molecular weight excluding hydrogens is 274 g/mol. The predicted octanol–water partition coefficient (Wildman–Crippen LogP) is 4.00. The second-order valence-electron chi connectivity index (χ2n) is 4.98. The van der Waals surface area contributed by atoms with Gasteiger partial charge < -0.3 is 4.74 Å². The van der Waals surface area contributed by atoms with Crippen LogP contribution in [-0.2, 0) is 0 Å². The van der Waals surface area contributed by atoms with Gasteiger partial charge in [0.2, 0.25) is 0 Å². The zero-order valence-corrected chi connectivity index (χ0v) is 12.6. The highest BCUT2D eigenvalue weighted by atomic mass is 16.5. The average molecular weight is 291 g/mol. The predicted molar refractivity (Wildman–Crippen MR) is 90.7 cm³/mol. The minimum atomic E-state index is 0.737. The third-order valence-corrected chi connectivity index (χ3v) is 3.43. The number of ether oxygens (including phenoxy) is 1. The number of nitrogens with one attached hydrogen (secondary N) is 1. The van der Waals surface area contributed by atoms with E-state index < -0.39 is 0 Å². The summed E-state index contributed by atoms with van der Waals surface area (Å²) in [7, 11) is 1.65. The minimum Gasteiger partial charge on any atom is -0.497 e. The number of anilines is 1. The summed E-state index contributed by atoms with van der Waals surface area (Å²) in [4.78, 5) is 4.55. The topological polar surface area (TPSA) is 46.5 Å². The van der Waals surface area contributed by atoms with Gasteiger partial charge in [-0.05, 0) is 54.4 Å². The number of hydrogen-bond donors (Lipinski definition) is 1. The highest BCUT2D eigenvalue weighted by molar-refractivity contribution is 5.84. The van der Waals surface area contributed by atoms with Gasteiger partial charge in [-0.2, -0.15) is 5.10 Å². The van der Waals surface area contributed by atoms with Gasteiger partial charge in [0.25, 0.3) is 0 Å². The lowest BCUT2D eigenvalue weighted by molar-refractivity contribution is 0.415. The third-order valence-electron chi connectivity index (χ3n) is 3.43. The number of rotatable bonds is 4. The van der Waals surface area contributed by atoms with Crippen molar-refractivity contribution in [2.75, 3.05) is 12.5 Å². The van der Waals surface area contributed by atoms with Crippen molar-refractivity contribution < 1.29 is 4.74 Å². The lowest BCUT2D eigenvalue weighted by atomic mass is 10.1. The van der Waals surface area contributed by atoms with Crippen LogP contribution in [0, 0.1) is 6.92 Å².